The van der Waals surface area contributed by atoms with Crippen molar-refractivity contribution in [3.05, 3.63) is 47.2 Å². The molecule has 0 saturated carbocycles. The molecule has 0 fully saturated rings. The van der Waals surface area contributed by atoms with Gasteiger partial charge in [0, 0.05) is 23.6 Å². The standard InChI is InChI=1S/C18H20N4O3S/c1-12-7-16(21-25-12)20-17(23)10-22(2)9-14-11-26-18(19-14)13-5-4-6-15(8-13)24-3/h4-8,11H,9-10H2,1-3H3,(H,20,21,23). The van der Waals surface area contributed by atoms with E-state index in [1.807, 2.05) is 41.6 Å². The van der Waals surface area contributed by atoms with Crippen molar-refractivity contribution in [1.29, 1.82) is 0 Å². The molecule has 0 saturated heterocycles. The molecule has 0 atom stereocenters. The number of benzene rings is 1. The molecule has 1 aromatic carbocycles. The van der Waals surface area contributed by atoms with E-state index in [-0.39, 0.29) is 12.5 Å². The molecular formula is C18H20N4O3S. The molecule has 0 spiro atoms. The van der Waals surface area contributed by atoms with Gasteiger partial charge in [0.15, 0.2) is 5.82 Å². The number of carbonyl (C=O) groups excluding carboxylic acids is 1. The average Bonchev–Trinajstić information content (AvgIpc) is 3.23. The Bertz CT molecular complexity index is 890. The fourth-order valence-electron chi connectivity index (χ4n) is 2.45. The van der Waals surface area contributed by atoms with Crippen molar-refractivity contribution in [3.8, 4) is 16.3 Å². The van der Waals surface area contributed by atoms with Crippen molar-refractivity contribution in [2.24, 2.45) is 0 Å². The molecule has 2 aromatic heterocycles. The van der Waals surface area contributed by atoms with Crippen LogP contribution in [0.3, 0.4) is 0 Å². The fraction of sp³-hybridized carbons (Fsp3) is 0.278. The molecule has 0 aliphatic heterocycles. The van der Waals surface area contributed by atoms with Crippen LogP contribution in [0.1, 0.15) is 11.5 Å². The smallest absolute Gasteiger partial charge is 0.239 e. The quantitative estimate of drug-likeness (QED) is 0.686. The number of hydrogen-bond acceptors (Lipinski definition) is 7. The number of thiazole rings is 1. The summed E-state index contributed by atoms with van der Waals surface area (Å²) in [5.41, 5.74) is 1.93. The molecular weight excluding hydrogens is 352 g/mol. The van der Waals surface area contributed by atoms with Crippen LogP contribution in [-0.2, 0) is 11.3 Å². The fourth-order valence-corrected chi connectivity index (χ4v) is 3.26. The Hall–Kier alpha value is -2.71. The van der Waals surface area contributed by atoms with Crippen LogP contribution in [-0.4, -0.2) is 41.6 Å². The Labute approximate surface area is 155 Å². The molecule has 3 rings (SSSR count). The van der Waals surface area contributed by atoms with E-state index in [2.05, 4.69) is 15.5 Å². The molecule has 0 bridgehead atoms. The second kappa shape index (κ2) is 8.11. The van der Waals surface area contributed by atoms with Crippen molar-refractivity contribution in [2.75, 3.05) is 26.0 Å². The molecule has 136 valence electrons. The van der Waals surface area contributed by atoms with Crippen LogP contribution in [0, 0.1) is 6.92 Å². The second-order valence-electron chi connectivity index (χ2n) is 5.92. The summed E-state index contributed by atoms with van der Waals surface area (Å²) in [5, 5.41) is 9.39. The average molecular weight is 372 g/mol. The molecule has 26 heavy (non-hydrogen) atoms. The number of hydrogen-bond donors (Lipinski definition) is 1. The first-order valence-electron chi connectivity index (χ1n) is 8.04. The van der Waals surface area contributed by atoms with Gasteiger partial charge in [0.25, 0.3) is 0 Å². The third-order valence-corrected chi connectivity index (χ3v) is 4.55. The van der Waals surface area contributed by atoms with E-state index in [1.165, 1.54) is 0 Å². The van der Waals surface area contributed by atoms with Crippen LogP contribution in [0.2, 0.25) is 0 Å². The summed E-state index contributed by atoms with van der Waals surface area (Å²) in [6.45, 7) is 2.58. The highest BCUT2D eigenvalue weighted by atomic mass is 32.1. The number of ether oxygens (including phenoxy) is 1. The first-order valence-corrected chi connectivity index (χ1v) is 8.92. The summed E-state index contributed by atoms with van der Waals surface area (Å²) in [4.78, 5) is 18.6. The minimum absolute atomic E-state index is 0.149. The molecule has 1 N–H and O–H groups in total. The monoisotopic (exact) mass is 372 g/mol. The summed E-state index contributed by atoms with van der Waals surface area (Å²) in [7, 11) is 3.52. The molecule has 0 unspecified atom stereocenters. The predicted molar refractivity (Wildman–Crippen MR) is 100 cm³/mol. The normalized spacial score (nSPS) is 10.9. The number of rotatable bonds is 7. The first kappa shape index (κ1) is 18.1. The highest BCUT2D eigenvalue weighted by molar-refractivity contribution is 7.13. The lowest BCUT2D eigenvalue weighted by Gasteiger charge is -2.14. The van der Waals surface area contributed by atoms with Crippen molar-refractivity contribution in [1.82, 2.24) is 15.0 Å². The summed E-state index contributed by atoms with van der Waals surface area (Å²) in [6, 6.07) is 9.48. The van der Waals surface area contributed by atoms with E-state index in [1.54, 1.807) is 31.4 Å². The number of likely N-dealkylation sites (N-methyl/N-ethyl adjacent to an activating group) is 1. The SMILES string of the molecule is COc1cccc(-c2nc(CN(C)CC(=O)Nc3cc(C)on3)cs2)c1. The molecule has 1 amide bonds. The van der Waals surface area contributed by atoms with Crippen molar-refractivity contribution < 1.29 is 14.1 Å². The maximum Gasteiger partial charge on any atom is 0.239 e. The van der Waals surface area contributed by atoms with Crippen LogP contribution < -0.4 is 10.1 Å². The number of aromatic nitrogens is 2. The van der Waals surface area contributed by atoms with Crippen molar-refractivity contribution >= 4 is 23.1 Å². The number of nitrogens with zero attached hydrogens (tertiary/aromatic N) is 3. The van der Waals surface area contributed by atoms with E-state index in [4.69, 9.17) is 9.26 Å². The van der Waals surface area contributed by atoms with Gasteiger partial charge in [-0.3, -0.25) is 9.69 Å². The largest absolute Gasteiger partial charge is 0.497 e. The van der Waals surface area contributed by atoms with Gasteiger partial charge >= 0.3 is 0 Å². The van der Waals surface area contributed by atoms with E-state index < -0.39 is 0 Å². The minimum atomic E-state index is -0.149. The maximum absolute atomic E-state index is 12.1. The van der Waals surface area contributed by atoms with Gasteiger partial charge in [-0.2, -0.15) is 0 Å². The molecule has 2 heterocycles. The van der Waals surface area contributed by atoms with Crippen LogP contribution in [0.5, 0.6) is 5.75 Å². The zero-order chi connectivity index (χ0) is 18.5. The molecule has 0 radical (unpaired) electrons. The van der Waals surface area contributed by atoms with Gasteiger partial charge < -0.3 is 14.6 Å². The second-order valence-corrected chi connectivity index (χ2v) is 6.78. The molecule has 8 heteroatoms. The van der Waals surface area contributed by atoms with Gasteiger partial charge in [-0.25, -0.2) is 4.98 Å². The molecule has 7 nitrogen and oxygen atoms in total. The highest BCUT2D eigenvalue weighted by Crippen LogP contribution is 2.27. The molecule has 0 aliphatic rings. The summed E-state index contributed by atoms with van der Waals surface area (Å²) in [5.74, 6) is 1.73. The molecule has 3 aromatic rings. The van der Waals surface area contributed by atoms with Gasteiger partial charge in [-0.05, 0) is 26.1 Å². The Morgan fingerprint density at radius 2 is 2.23 bits per heavy atom. The van der Waals surface area contributed by atoms with Gasteiger partial charge in [0.05, 0.1) is 19.3 Å². The minimum Gasteiger partial charge on any atom is -0.497 e. The number of nitrogens with one attached hydrogen (secondary N) is 1. The Kier molecular flexibility index (Phi) is 5.65. The zero-order valence-electron chi connectivity index (χ0n) is 14.9. The first-order chi connectivity index (χ1) is 12.5. The van der Waals surface area contributed by atoms with E-state index in [0.717, 1.165) is 22.0 Å². The van der Waals surface area contributed by atoms with Crippen LogP contribution in [0.25, 0.3) is 10.6 Å². The lowest BCUT2D eigenvalue weighted by molar-refractivity contribution is -0.117. The van der Waals surface area contributed by atoms with E-state index in [9.17, 15) is 4.79 Å². The lowest BCUT2D eigenvalue weighted by Crippen LogP contribution is -2.30. The Morgan fingerprint density at radius 1 is 1.38 bits per heavy atom. The number of amides is 1. The third kappa shape index (κ3) is 4.68. The van der Waals surface area contributed by atoms with Crippen LogP contribution in [0.15, 0.2) is 40.2 Å². The summed E-state index contributed by atoms with van der Waals surface area (Å²) >= 11 is 1.57. The van der Waals surface area contributed by atoms with E-state index in [0.29, 0.717) is 18.1 Å². The van der Waals surface area contributed by atoms with Crippen molar-refractivity contribution in [3.63, 3.8) is 0 Å². The Morgan fingerprint density at radius 3 is 2.96 bits per heavy atom. The van der Waals surface area contributed by atoms with Gasteiger partial charge in [-0.1, -0.05) is 17.3 Å². The highest BCUT2D eigenvalue weighted by Gasteiger charge is 2.12. The van der Waals surface area contributed by atoms with E-state index >= 15 is 0 Å². The van der Waals surface area contributed by atoms with Crippen molar-refractivity contribution in [2.45, 2.75) is 13.5 Å². The predicted octanol–water partition coefficient (Wildman–Crippen LogP) is 3.19. The zero-order valence-corrected chi connectivity index (χ0v) is 15.7. The molecule has 0 aliphatic carbocycles. The van der Waals surface area contributed by atoms with Crippen LogP contribution in [0.4, 0.5) is 5.82 Å². The van der Waals surface area contributed by atoms with Gasteiger partial charge in [0.1, 0.15) is 16.5 Å². The third-order valence-electron chi connectivity index (χ3n) is 3.61. The number of aryl methyl sites for hydroxylation is 1. The maximum atomic E-state index is 12.1. The van der Waals surface area contributed by atoms with Gasteiger partial charge in [-0.15, -0.1) is 11.3 Å². The summed E-state index contributed by atoms with van der Waals surface area (Å²) in [6.07, 6.45) is 0. The number of anilines is 1. The lowest BCUT2D eigenvalue weighted by atomic mass is 10.2. The summed E-state index contributed by atoms with van der Waals surface area (Å²) < 4.78 is 10.2. The number of carbonyl (C=O) groups is 1. The van der Waals surface area contributed by atoms with Crippen LogP contribution >= 0.6 is 11.3 Å². The Balaban J connectivity index is 1.57. The van der Waals surface area contributed by atoms with Gasteiger partial charge in [0.2, 0.25) is 5.91 Å². The topological polar surface area (TPSA) is 80.5 Å². The number of methoxy groups -OCH3 is 1.